The Morgan fingerprint density at radius 3 is 3.23 bits per heavy atom. The molecule has 1 aromatic rings. The molecule has 4 nitrogen and oxygen atoms in total. The van der Waals surface area contributed by atoms with Gasteiger partial charge < -0.3 is 15.1 Å². The summed E-state index contributed by atoms with van der Waals surface area (Å²) in [5.41, 5.74) is 0. The normalized spacial score (nSPS) is 9.54. The highest BCUT2D eigenvalue weighted by Crippen LogP contribution is 1.95. The molecule has 1 rings (SSSR count). The highest BCUT2D eigenvalue weighted by molar-refractivity contribution is 7.80. The number of hydrogen-bond acceptors (Lipinski definition) is 3. The van der Waals surface area contributed by atoms with Gasteiger partial charge in [0.15, 0.2) is 0 Å². The summed E-state index contributed by atoms with van der Waals surface area (Å²) in [5.74, 6) is 0.912. The van der Waals surface area contributed by atoms with E-state index in [0.717, 1.165) is 25.0 Å². The van der Waals surface area contributed by atoms with Gasteiger partial charge in [0.2, 0.25) is 0 Å². The molecule has 0 aliphatic carbocycles. The molecule has 0 saturated carbocycles. The van der Waals surface area contributed by atoms with E-state index in [-0.39, 0.29) is 6.54 Å². The molecule has 0 aromatic carbocycles. The molecule has 0 radical (unpaired) electrons. The molecule has 0 aliphatic heterocycles. The Bertz CT molecular complexity index is 271. The third-order valence-corrected chi connectivity index (χ3v) is 1.87. The Morgan fingerprint density at radius 2 is 2.62 bits per heavy atom. The minimum Gasteiger partial charge on any atom is -0.373 e. The van der Waals surface area contributed by atoms with Crippen molar-refractivity contribution < 1.29 is 4.79 Å². The van der Waals surface area contributed by atoms with Gasteiger partial charge in [-0.25, -0.2) is 4.98 Å². The Labute approximate surface area is 81.8 Å². The van der Waals surface area contributed by atoms with Crippen LogP contribution in [0.25, 0.3) is 0 Å². The molecule has 0 aliphatic rings. The van der Waals surface area contributed by atoms with Crippen molar-refractivity contribution in [2.45, 2.75) is 12.8 Å². The van der Waals surface area contributed by atoms with Crippen molar-refractivity contribution in [3.05, 3.63) is 18.2 Å². The van der Waals surface area contributed by atoms with Crippen LogP contribution < -0.4 is 5.32 Å². The molecule has 13 heavy (non-hydrogen) atoms. The van der Waals surface area contributed by atoms with Crippen molar-refractivity contribution in [1.82, 2.24) is 15.3 Å². The van der Waals surface area contributed by atoms with Crippen molar-refractivity contribution in [3.63, 3.8) is 0 Å². The standard InChI is InChI=1S/C8H11N3OS/c12-6-5-11-8(13)2-1-7-9-3-4-10-7/h3-4,6H,1-2,5H2,(H,9,10)(H,11,13). The average molecular weight is 197 g/mol. The molecule has 0 spiro atoms. The Balaban J connectivity index is 2.19. The number of nitrogens with one attached hydrogen (secondary N) is 2. The predicted octanol–water partition coefficient (Wildman–Crippen LogP) is 0.458. The number of carbonyl (C=O) groups is 1. The molecule has 0 amide bonds. The zero-order valence-electron chi connectivity index (χ0n) is 7.12. The molecule has 1 heterocycles. The molecule has 0 atom stereocenters. The van der Waals surface area contributed by atoms with E-state index in [1.165, 1.54) is 0 Å². The fraction of sp³-hybridized carbons (Fsp3) is 0.375. The number of thiocarbonyl (C=S) groups is 1. The first-order valence-electron chi connectivity index (χ1n) is 4.01. The van der Waals surface area contributed by atoms with Crippen LogP contribution in [0.5, 0.6) is 0 Å². The summed E-state index contributed by atoms with van der Waals surface area (Å²) in [6, 6.07) is 0. The van der Waals surface area contributed by atoms with Gasteiger partial charge in [-0.05, 0) is 0 Å². The molecule has 1 aromatic heterocycles. The van der Waals surface area contributed by atoms with Crippen LogP contribution in [-0.2, 0) is 11.2 Å². The van der Waals surface area contributed by atoms with Crippen LogP contribution in [0.4, 0.5) is 0 Å². The van der Waals surface area contributed by atoms with E-state index in [0.29, 0.717) is 4.99 Å². The van der Waals surface area contributed by atoms with Gasteiger partial charge >= 0.3 is 0 Å². The van der Waals surface area contributed by atoms with E-state index in [4.69, 9.17) is 12.2 Å². The average Bonchev–Trinajstić information content (AvgIpc) is 2.64. The molecule has 0 fully saturated rings. The van der Waals surface area contributed by atoms with Gasteiger partial charge in [-0.15, -0.1) is 0 Å². The van der Waals surface area contributed by atoms with E-state index < -0.39 is 0 Å². The summed E-state index contributed by atoms with van der Waals surface area (Å²) in [4.78, 5) is 17.7. The second kappa shape index (κ2) is 5.42. The summed E-state index contributed by atoms with van der Waals surface area (Å²) in [7, 11) is 0. The monoisotopic (exact) mass is 197 g/mol. The van der Waals surface area contributed by atoms with Crippen LogP contribution in [0.1, 0.15) is 12.2 Å². The van der Waals surface area contributed by atoms with Gasteiger partial charge in [0.05, 0.1) is 11.5 Å². The largest absolute Gasteiger partial charge is 0.373 e. The zero-order valence-corrected chi connectivity index (χ0v) is 7.93. The lowest BCUT2D eigenvalue weighted by Crippen LogP contribution is -2.23. The Morgan fingerprint density at radius 1 is 1.77 bits per heavy atom. The molecular weight excluding hydrogens is 186 g/mol. The van der Waals surface area contributed by atoms with Crippen molar-refractivity contribution in [3.8, 4) is 0 Å². The van der Waals surface area contributed by atoms with E-state index in [1.54, 1.807) is 12.4 Å². The summed E-state index contributed by atoms with van der Waals surface area (Å²) in [5, 5.41) is 2.82. The number of aromatic amines is 1. The molecule has 0 unspecified atom stereocenters. The minimum atomic E-state index is 0.289. The van der Waals surface area contributed by atoms with Gasteiger partial charge in [-0.3, -0.25) is 0 Å². The lowest BCUT2D eigenvalue weighted by molar-refractivity contribution is -0.106. The third kappa shape index (κ3) is 3.80. The number of hydrogen-bond donors (Lipinski definition) is 2. The summed E-state index contributed by atoms with van der Waals surface area (Å²) in [6.07, 6.45) is 5.77. The van der Waals surface area contributed by atoms with Crippen LogP contribution in [0.3, 0.4) is 0 Å². The van der Waals surface area contributed by atoms with Gasteiger partial charge in [0.25, 0.3) is 0 Å². The number of H-pyrrole nitrogens is 1. The smallest absolute Gasteiger partial charge is 0.139 e. The minimum absolute atomic E-state index is 0.289. The summed E-state index contributed by atoms with van der Waals surface area (Å²) >= 11 is 4.98. The summed E-state index contributed by atoms with van der Waals surface area (Å²) < 4.78 is 0. The number of nitrogens with zero attached hydrogens (tertiary/aromatic N) is 1. The molecule has 0 saturated heterocycles. The SMILES string of the molecule is O=CCNC(=S)CCc1ncc[nH]1. The lowest BCUT2D eigenvalue weighted by atomic mass is 10.3. The Hall–Kier alpha value is -1.23. The number of aromatic nitrogens is 2. The van der Waals surface area contributed by atoms with Crippen LogP contribution in [0.2, 0.25) is 0 Å². The van der Waals surface area contributed by atoms with Crippen molar-refractivity contribution in [2.24, 2.45) is 0 Å². The number of imidazole rings is 1. The van der Waals surface area contributed by atoms with Crippen LogP contribution in [0, 0.1) is 0 Å². The van der Waals surface area contributed by atoms with Gasteiger partial charge in [0.1, 0.15) is 12.1 Å². The highest BCUT2D eigenvalue weighted by atomic mass is 32.1. The first kappa shape index (κ1) is 9.85. The molecule has 2 N–H and O–H groups in total. The number of rotatable bonds is 5. The van der Waals surface area contributed by atoms with Crippen LogP contribution in [0.15, 0.2) is 12.4 Å². The first-order chi connectivity index (χ1) is 6.33. The van der Waals surface area contributed by atoms with E-state index >= 15 is 0 Å². The predicted molar refractivity (Wildman–Crippen MR) is 53.6 cm³/mol. The van der Waals surface area contributed by atoms with Gasteiger partial charge in [-0.2, -0.15) is 0 Å². The number of aldehydes is 1. The van der Waals surface area contributed by atoms with Crippen LogP contribution >= 0.6 is 12.2 Å². The zero-order chi connectivity index (χ0) is 9.52. The maximum Gasteiger partial charge on any atom is 0.139 e. The van der Waals surface area contributed by atoms with Gasteiger partial charge in [0, 0.05) is 25.2 Å². The van der Waals surface area contributed by atoms with E-state index in [2.05, 4.69) is 15.3 Å². The number of aryl methyl sites for hydroxylation is 1. The second-order valence-electron chi connectivity index (χ2n) is 2.51. The molecular formula is C8H11N3OS. The van der Waals surface area contributed by atoms with E-state index in [9.17, 15) is 4.79 Å². The fourth-order valence-corrected chi connectivity index (χ4v) is 1.10. The Kier molecular flexibility index (Phi) is 4.11. The third-order valence-electron chi connectivity index (χ3n) is 1.53. The van der Waals surface area contributed by atoms with Crippen molar-refractivity contribution in [2.75, 3.05) is 6.54 Å². The van der Waals surface area contributed by atoms with E-state index in [1.807, 2.05) is 0 Å². The number of carbonyl (C=O) groups excluding carboxylic acids is 1. The molecule has 70 valence electrons. The van der Waals surface area contributed by atoms with Crippen molar-refractivity contribution in [1.29, 1.82) is 0 Å². The fourth-order valence-electron chi connectivity index (χ4n) is 0.911. The van der Waals surface area contributed by atoms with Crippen LogP contribution in [-0.4, -0.2) is 27.8 Å². The second-order valence-corrected chi connectivity index (χ2v) is 3.00. The molecule has 5 heteroatoms. The first-order valence-corrected chi connectivity index (χ1v) is 4.42. The quantitative estimate of drug-likeness (QED) is 0.532. The maximum absolute atomic E-state index is 10.0. The topological polar surface area (TPSA) is 57.8 Å². The lowest BCUT2D eigenvalue weighted by Gasteiger charge is -2.02. The van der Waals surface area contributed by atoms with Crippen molar-refractivity contribution >= 4 is 23.5 Å². The maximum atomic E-state index is 10.0. The summed E-state index contributed by atoms with van der Waals surface area (Å²) in [6.45, 7) is 0.289. The van der Waals surface area contributed by atoms with Gasteiger partial charge in [-0.1, -0.05) is 12.2 Å². The molecule has 0 bridgehead atoms. The highest BCUT2D eigenvalue weighted by Gasteiger charge is 1.98.